The lowest BCUT2D eigenvalue weighted by molar-refractivity contribution is 0.373. The van der Waals surface area contributed by atoms with Crippen molar-refractivity contribution in [3.05, 3.63) is 18.0 Å². The first kappa shape index (κ1) is 6.92. The summed E-state index contributed by atoms with van der Waals surface area (Å²) in [5, 5.41) is 0. The van der Waals surface area contributed by atoms with Crippen molar-refractivity contribution in [2.45, 2.75) is 6.67 Å². The lowest BCUT2D eigenvalue weighted by Gasteiger charge is -1.96. The molecule has 0 aliphatic carbocycles. The molecule has 1 aromatic heterocycles. The van der Waals surface area contributed by atoms with Crippen LogP contribution in [0.4, 0.5) is 4.39 Å². The molecule has 0 fully saturated rings. The van der Waals surface area contributed by atoms with Crippen LogP contribution in [0.2, 0.25) is 0 Å². The number of nitrogens with zero attached hydrogens (tertiary/aromatic N) is 2. The third-order valence-corrected chi connectivity index (χ3v) is 1.01. The largest absolute Gasteiger partial charge is 0.467 e. The summed E-state index contributed by atoms with van der Waals surface area (Å²) in [5.74, 6) is 0. The molecule has 0 atom stereocenters. The van der Waals surface area contributed by atoms with Crippen LogP contribution in [0.5, 0.6) is 6.01 Å². The number of methoxy groups -OCH3 is 1. The van der Waals surface area contributed by atoms with Gasteiger partial charge in [0.25, 0.3) is 0 Å². The Morgan fingerprint density at radius 2 is 2.50 bits per heavy atom. The van der Waals surface area contributed by atoms with E-state index in [0.29, 0.717) is 5.69 Å². The first-order chi connectivity index (χ1) is 4.86. The zero-order valence-electron chi connectivity index (χ0n) is 5.54. The maximum Gasteiger partial charge on any atom is 0.316 e. The smallest absolute Gasteiger partial charge is 0.316 e. The van der Waals surface area contributed by atoms with Crippen LogP contribution in [0.3, 0.4) is 0 Å². The first-order valence-electron chi connectivity index (χ1n) is 2.78. The molecule has 3 nitrogen and oxygen atoms in total. The zero-order valence-corrected chi connectivity index (χ0v) is 5.54. The maximum absolute atomic E-state index is 11.9. The van der Waals surface area contributed by atoms with Gasteiger partial charge in [-0.05, 0) is 6.07 Å². The van der Waals surface area contributed by atoms with Crippen LogP contribution in [-0.2, 0) is 6.67 Å². The molecule has 0 amide bonds. The molecule has 4 heteroatoms. The van der Waals surface area contributed by atoms with E-state index in [1.54, 1.807) is 0 Å². The summed E-state index contributed by atoms with van der Waals surface area (Å²) in [6.45, 7) is -0.584. The lowest BCUT2D eigenvalue weighted by atomic mass is 10.4. The summed E-state index contributed by atoms with van der Waals surface area (Å²) >= 11 is 0. The molecular weight excluding hydrogens is 135 g/mol. The summed E-state index contributed by atoms with van der Waals surface area (Å²) in [5.41, 5.74) is 0.340. The summed E-state index contributed by atoms with van der Waals surface area (Å²) < 4.78 is 16.6. The van der Waals surface area contributed by atoms with Crippen LogP contribution in [-0.4, -0.2) is 17.1 Å². The molecule has 10 heavy (non-hydrogen) atoms. The van der Waals surface area contributed by atoms with Gasteiger partial charge in [-0.15, -0.1) is 0 Å². The normalized spacial score (nSPS) is 9.40. The molecule has 0 saturated carbocycles. The third kappa shape index (κ3) is 1.40. The molecule has 54 valence electrons. The van der Waals surface area contributed by atoms with Gasteiger partial charge < -0.3 is 4.74 Å². The molecule has 1 aromatic rings. The highest BCUT2D eigenvalue weighted by Gasteiger charge is 1.95. The number of aromatic nitrogens is 2. The van der Waals surface area contributed by atoms with E-state index >= 15 is 0 Å². The zero-order chi connectivity index (χ0) is 7.40. The Balaban J connectivity index is 2.87. The van der Waals surface area contributed by atoms with E-state index in [4.69, 9.17) is 0 Å². The van der Waals surface area contributed by atoms with Gasteiger partial charge in [0.2, 0.25) is 0 Å². The van der Waals surface area contributed by atoms with Crippen molar-refractivity contribution >= 4 is 0 Å². The van der Waals surface area contributed by atoms with E-state index in [0.717, 1.165) is 0 Å². The van der Waals surface area contributed by atoms with Crippen LogP contribution in [0.25, 0.3) is 0 Å². The second kappa shape index (κ2) is 3.10. The van der Waals surface area contributed by atoms with Crippen molar-refractivity contribution in [3.8, 4) is 6.01 Å². The van der Waals surface area contributed by atoms with E-state index < -0.39 is 6.67 Å². The van der Waals surface area contributed by atoms with Crippen molar-refractivity contribution in [2.24, 2.45) is 0 Å². The van der Waals surface area contributed by atoms with Gasteiger partial charge in [0.05, 0.1) is 12.8 Å². The van der Waals surface area contributed by atoms with Gasteiger partial charge >= 0.3 is 6.01 Å². The van der Waals surface area contributed by atoms with Gasteiger partial charge in [-0.25, -0.2) is 9.37 Å². The van der Waals surface area contributed by atoms with Crippen LogP contribution >= 0.6 is 0 Å². The van der Waals surface area contributed by atoms with Gasteiger partial charge in [-0.1, -0.05) is 0 Å². The minimum Gasteiger partial charge on any atom is -0.467 e. The average molecular weight is 142 g/mol. The van der Waals surface area contributed by atoms with Gasteiger partial charge in [0.15, 0.2) is 0 Å². The van der Waals surface area contributed by atoms with Gasteiger partial charge in [0.1, 0.15) is 6.67 Å². The van der Waals surface area contributed by atoms with Gasteiger partial charge in [-0.2, -0.15) is 4.98 Å². The van der Waals surface area contributed by atoms with E-state index in [9.17, 15) is 4.39 Å². The minimum atomic E-state index is -0.584. The number of hydrogen-bond acceptors (Lipinski definition) is 3. The Kier molecular flexibility index (Phi) is 2.15. The standard InChI is InChI=1S/C6H7FN2O/c1-10-6-8-3-2-5(4-7)9-6/h2-3H,4H2,1H3. The highest BCUT2D eigenvalue weighted by molar-refractivity contribution is 5.03. The highest BCUT2D eigenvalue weighted by Crippen LogP contribution is 2.02. The van der Waals surface area contributed by atoms with Gasteiger partial charge in [0, 0.05) is 6.20 Å². The van der Waals surface area contributed by atoms with Crippen LogP contribution in [0.15, 0.2) is 12.3 Å². The maximum atomic E-state index is 11.9. The predicted octanol–water partition coefficient (Wildman–Crippen LogP) is 0.955. The van der Waals surface area contributed by atoms with E-state index in [2.05, 4.69) is 14.7 Å². The van der Waals surface area contributed by atoms with Crippen LogP contribution in [0, 0.1) is 0 Å². The Hall–Kier alpha value is -1.19. The predicted molar refractivity (Wildman–Crippen MR) is 33.4 cm³/mol. The molecule has 0 N–H and O–H groups in total. The quantitative estimate of drug-likeness (QED) is 0.616. The average Bonchev–Trinajstić information content (AvgIpc) is 2.05. The Morgan fingerprint density at radius 3 is 3.10 bits per heavy atom. The van der Waals surface area contributed by atoms with E-state index in [-0.39, 0.29) is 6.01 Å². The number of rotatable bonds is 2. The monoisotopic (exact) mass is 142 g/mol. The van der Waals surface area contributed by atoms with Crippen LogP contribution < -0.4 is 4.74 Å². The summed E-state index contributed by atoms with van der Waals surface area (Å²) in [4.78, 5) is 7.41. The molecule has 0 aliphatic rings. The van der Waals surface area contributed by atoms with Crippen molar-refractivity contribution in [1.82, 2.24) is 9.97 Å². The van der Waals surface area contributed by atoms with Crippen molar-refractivity contribution < 1.29 is 9.13 Å². The molecule has 0 aliphatic heterocycles. The molecular formula is C6H7FN2O. The number of alkyl halides is 1. The first-order valence-corrected chi connectivity index (χ1v) is 2.78. The highest BCUT2D eigenvalue weighted by atomic mass is 19.1. The third-order valence-electron chi connectivity index (χ3n) is 1.01. The van der Waals surface area contributed by atoms with Crippen molar-refractivity contribution in [3.63, 3.8) is 0 Å². The molecule has 0 bridgehead atoms. The SMILES string of the molecule is COc1nccc(CF)n1. The van der Waals surface area contributed by atoms with Crippen molar-refractivity contribution in [1.29, 1.82) is 0 Å². The fourth-order valence-electron chi connectivity index (χ4n) is 0.549. The van der Waals surface area contributed by atoms with E-state index in [1.807, 2.05) is 0 Å². The molecule has 0 radical (unpaired) electrons. The molecule has 1 heterocycles. The fourth-order valence-corrected chi connectivity index (χ4v) is 0.549. The Bertz CT molecular complexity index is 197. The second-order valence-corrected chi connectivity index (χ2v) is 1.67. The number of halogens is 1. The summed E-state index contributed by atoms with van der Waals surface area (Å²) in [7, 11) is 1.44. The topological polar surface area (TPSA) is 35.0 Å². The molecule has 0 spiro atoms. The molecule has 0 unspecified atom stereocenters. The number of ether oxygens (including phenoxy) is 1. The molecule has 1 rings (SSSR count). The van der Waals surface area contributed by atoms with Crippen LogP contribution in [0.1, 0.15) is 5.69 Å². The lowest BCUT2D eigenvalue weighted by Crippen LogP contribution is -1.93. The minimum absolute atomic E-state index is 0.204. The summed E-state index contributed by atoms with van der Waals surface area (Å²) in [6.07, 6.45) is 1.46. The van der Waals surface area contributed by atoms with Crippen molar-refractivity contribution in [2.75, 3.05) is 7.11 Å². The Labute approximate surface area is 57.9 Å². The summed E-state index contributed by atoms with van der Waals surface area (Å²) in [6, 6.07) is 1.71. The van der Waals surface area contributed by atoms with Gasteiger partial charge in [-0.3, -0.25) is 0 Å². The number of hydrogen-bond donors (Lipinski definition) is 0. The Morgan fingerprint density at radius 1 is 1.70 bits per heavy atom. The fraction of sp³-hybridized carbons (Fsp3) is 0.333. The molecule has 0 saturated heterocycles. The van der Waals surface area contributed by atoms with E-state index in [1.165, 1.54) is 19.4 Å². The molecule has 0 aromatic carbocycles. The second-order valence-electron chi connectivity index (χ2n) is 1.67.